The molecule has 0 spiro atoms. The van der Waals surface area contributed by atoms with E-state index in [0.29, 0.717) is 9.98 Å². The molecule has 1 unspecified atom stereocenters. The second kappa shape index (κ2) is 10.5. The molecule has 0 saturated heterocycles. The average molecular weight is 457 g/mol. The molecule has 31 heavy (non-hydrogen) atoms. The first-order chi connectivity index (χ1) is 14.5. The number of benzene rings is 2. The molecular weight excluding hydrogens is 428 g/mol. The molecule has 6 nitrogen and oxygen atoms in total. The van der Waals surface area contributed by atoms with Crippen molar-refractivity contribution in [3.05, 3.63) is 69.8 Å². The van der Waals surface area contributed by atoms with Crippen molar-refractivity contribution < 1.29 is 9.59 Å². The largest absolute Gasteiger partial charge is 0.288 e. The molecule has 0 heterocycles. The topological polar surface area (TPSA) is 73.5 Å². The third kappa shape index (κ3) is 6.32. The van der Waals surface area contributed by atoms with Crippen LogP contribution in [0.3, 0.4) is 0 Å². The number of nitrogens with one attached hydrogen (secondary N) is 3. The fourth-order valence-corrected chi connectivity index (χ4v) is 3.39. The number of rotatable bonds is 4. The number of hydrazine groups is 2. The van der Waals surface area contributed by atoms with E-state index in [4.69, 9.17) is 24.4 Å². The summed E-state index contributed by atoms with van der Waals surface area (Å²) in [5, 5.41) is 1.46. The molecule has 2 aromatic rings. The van der Waals surface area contributed by atoms with Gasteiger partial charge in [0.1, 0.15) is 15.9 Å². The zero-order valence-electron chi connectivity index (χ0n) is 18.6. The smallest absolute Gasteiger partial charge is 0.250 e. The summed E-state index contributed by atoms with van der Waals surface area (Å²) in [5.41, 5.74) is 13.7. The average Bonchev–Trinajstić information content (AvgIpc) is 2.73. The number of carbonyl (C=O) groups is 2. The van der Waals surface area contributed by atoms with E-state index in [1.165, 1.54) is 11.9 Å². The normalized spacial score (nSPS) is 11.3. The lowest BCUT2D eigenvalue weighted by Gasteiger charge is -2.24. The Hall–Kier alpha value is -2.84. The van der Waals surface area contributed by atoms with Gasteiger partial charge in [-0.2, -0.15) is 0 Å². The lowest BCUT2D eigenvalue weighted by molar-refractivity contribution is -0.136. The number of carbonyl (C=O) groups excluding carboxylic acids is 2. The fourth-order valence-electron chi connectivity index (χ4n) is 2.85. The van der Waals surface area contributed by atoms with Crippen LogP contribution in [0.25, 0.3) is 0 Å². The predicted molar refractivity (Wildman–Crippen MR) is 132 cm³/mol. The molecule has 0 fully saturated rings. The van der Waals surface area contributed by atoms with Crippen LogP contribution in [-0.2, 0) is 9.59 Å². The number of hydrogen-bond donors (Lipinski definition) is 3. The molecular formula is C23H28N4O2S2. The van der Waals surface area contributed by atoms with Crippen LogP contribution in [0.1, 0.15) is 40.3 Å². The van der Waals surface area contributed by atoms with Gasteiger partial charge in [0.05, 0.1) is 0 Å². The van der Waals surface area contributed by atoms with Gasteiger partial charge in [-0.15, -0.1) is 0 Å². The van der Waals surface area contributed by atoms with Crippen LogP contribution in [0.15, 0.2) is 36.4 Å². The maximum absolute atomic E-state index is 12.6. The van der Waals surface area contributed by atoms with Crippen LogP contribution in [0.4, 0.5) is 0 Å². The van der Waals surface area contributed by atoms with E-state index < -0.39 is 17.7 Å². The van der Waals surface area contributed by atoms with E-state index in [2.05, 4.69) is 16.3 Å². The zero-order chi connectivity index (χ0) is 23.3. The summed E-state index contributed by atoms with van der Waals surface area (Å²) >= 11 is 10.9. The van der Waals surface area contributed by atoms with Gasteiger partial charge in [0.25, 0.3) is 11.8 Å². The number of amides is 2. The standard InChI is InChI=1S/C23H28N4O2S2/c1-13-7-9-15(3)18(11-13)22(30)25-24-20(28)17(5)21(29)26-27(6)23(31)19-12-14(2)8-10-16(19)4/h7-12,17H,1-6H3,(H,24,28)(H,25,30)(H,26,29). The first-order valence-corrected chi connectivity index (χ1v) is 10.7. The van der Waals surface area contributed by atoms with Crippen LogP contribution in [0.2, 0.25) is 0 Å². The highest BCUT2D eigenvalue weighted by atomic mass is 32.1. The summed E-state index contributed by atoms with van der Waals surface area (Å²) in [7, 11) is 1.65. The Bertz CT molecular complexity index is 1040. The molecule has 0 aliphatic rings. The molecule has 164 valence electrons. The Morgan fingerprint density at radius 3 is 1.94 bits per heavy atom. The van der Waals surface area contributed by atoms with Crippen molar-refractivity contribution in [3.63, 3.8) is 0 Å². The quantitative estimate of drug-likeness (QED) is 0.373. The molecule has 0 aliphatic carbocycles. The SMILES string of the molecule is Cc1ccc(C)c(C(=S)NNC(=O)C(C)C(=O)NN(C)C(=S)c2cc(C)ccc2C)c1. The van der Waals surface area contributed by atoms with Crippen LogP contribution < -0.4 is 16.3 Å². The van der Waals surface area contributed by atoms with Gasteiger partial charge in [-0.3, -0.25) is 30.9 Å². The lowest BCUT2D eigenvalue weighted by Crippen LogP contribution is -2.51. The molecule has 1 atom stereocenters. The molecule has 3 N–H and O–H groups in total. The number of nitrogens with zero attached hydrogens (tertiary/aromatic N) is 1. The molecule has 0 aliphatic heterocycles. The minimum atomic E-state index is -0.960. The third-order valence-corrected chi connectivity index (χ3v) is 5.75. The first-order valence-electron chi connectivity index (χ1n) is 9.84. The van der Waals surface area contributed by atoms with Crippen molar-refractivity contribution in [2.24, 2.45) is 5.92 Å². The van der Waals surface area contributed by atoms with Crippen LogP contribution in [0, 0.1) is 33.6 Å². The maximum Gasteiger partial charge on any atom is 0.250 e. The monoisotopic (exact) mass is 456 g/mol. The summed E-state index contributed by atoms with van der Waals surface area (Å²) in [6.45, 7) is 9.36. The van der Waals surface area contributed by atoms with Gasteiger partial charge in [-0.05, 0) is 57.9 Å². The van der Waals surface area contributed by atoms with Gasteiger partial charge < -0.3 is 0 Å². The van der Waals surface area contributed by atoms with Gasteiger partial charge in [-0.25, -0.2) is 0 Å². The van der Waals surface area contributed by atoms with Gasteiger partial charge in [-0.1, -0.05) is 59.8 Å². The second-order valence-electron chi connectivity index (χ2n) is 7.64. The molecule has 2 rings (SSSR count). The minimum Gasteiger partial charge on any atom is -0.288 e. The van der Waals surface area contributed by atoms with E-state index >= 15 is 0 Å². The summed E-state index contributed by atoms with van der Waals surface area (Å²) in [6.07, 6.45) is 0. The Labute approximate surface area is 194 Å². The third-order valence-electron chi connectivity index (χ3n) is 4.93. The fraction of sp³-hybridized carbons (Fsp3) is 0.304. The van der Waals surface area contributed by atoms with Crippen molar-refractivity contribution in [2.45, 2.75) is 34.6 Å². The van der Waals surface area contributed by atoms with Crippen molar-refractivity contribution in [1.82, 2.24) is 21.3 Å². The molecule has 2 amide bonds. The van der Waals surface area contributed by atoms with Gasteiger partial charge >= 0.3 is 0 Å². The maximum atomic E-state index is 12.6. The van der Waals surface area contributed by atoms with Crippen LogP contribution in [-0.4, -0.2) is 33.8 Å². The van der Waals surface area contributed by atoms with Gasteiger partial charge in [0.2, 0.25) is 0 Å². The van der Waals surface area contributed by atoms with Crippen molar-refractivity contribution in [1.29, 1.82) is 0 Å². The van der Waals surface area contributed by atoms with Crippen LogP contribution in [0.5, 0.6) is 0 Å². The lowest BCUT2D eigenvalue weighted by atomic mass is 10.1. The summed E-state index contributed by atoms with van der Waals surface area (Å²) in [6, 6.07) is 11.8. The number of hydrogen-bond acceptors (Lipinski definition) is 4. The molecule has 8 heteroatoms. The minimum absolute atomic E-state index is 0.385. The molecule has 0 aromatic heterocycles. The molecule has 0 saturated carbocycles. The van der Waals surface area contributed by atoms with Crippen LogP contribution >= 0.6 is 24.4 Å². The highest BCUT2D eigenvalue weighted by Gasteiger charge is 2.24. The molecule has 2 aromatic carbocycles. The highest BCUT2D eigenvalue weighted by molar-refractivity contribution is 7.81. The van der Waals surface area contributed by atoms with Crippen molar-refractivity contribution in [3.8, 4) is 0 Å². The number of thiocarbonyl (C=S) groups is 2. The van der Waals surface area contributed by atoms with E-state index in [1.54, 1.807) is 7.05 Å². The summed E-state index contributed by atoms with van der Waals surface area (Å²) < 4.78 is 0. The first kappa shape index (κ1) is 24.4. The van der Waals surface area contributed by atoms with Crippen molar-refractivity contribution in [2.75, 3.05) is 7.05 Å². The molecule has 0 bridgehead atoms. The van der Waals surface area contributed by atoms with E-state index in [0.717, 1.165) is 33.4 Å². The van der Waals surface area contributed by atoms with Crippen molar-refractivity contribution >= 4 is 46.2 Å². The van der Waals surface area contributed by atoms with E-state index in [-0.39, 0.29) is 0 Å². The van der Waals surface area contributed by atoms with E-state index in [9.17, 15) is 9.59 Å². The Kier molecular flexibility index (Phi) is 8.24. The van der Waals surface area contributed by atoms with Gasteiger partial charge in [0.15, 0.2) is 0 Å². The Morgan fingerprint density at radius 1 is 0.839 bits per heavy atom. The second-order valence-corrected chi connectivity index (χ2v) is 8.44. The summed E-state index contributed by atoms with van der Waals surface area (Å²) in [5.74, 6) is -1.94. The predicted octanol–water partition coefficient (Wildman–Crippen LogP) is 3.19. The Morgan fingerprint density at radius 2 is 1.35 bits per heavy atom. The zero-order valence-corrected chi connectivity index (χ0v) is 20.3. The van der Waals surface area contributed by atoms with E-state index in [1.807, 2.05) is 64.1 Å². The number of aryl methyl sites for hydroxylation is 4. The van der Waals surface area contributed by atoms with Gasteiger partial charge in [0, 0.05) is 18.2 Å². The molecule has 0 radical (unpaired) electrons. The highest BCUT2D eigenvalue weighted by Crippen LogP contribution is 2.14. The summed E-state index contributed by atoms with van der Waals surface area (Å²) in [4.78, 5) is 25.9. The Balaban J connectivity index is 1.95.